The molecule has 1 aromatic carbocycles. The molecule has 16 heavy (non-hydrogen) atoms. The topological polar surface area (TPSA) is 63.3 Å². The van der Waals surface area contributed by atoms with E-state index in [1.807, 2.05) is 51.1 Å². The van der Waals surface area contributed by atoms with E-state index in [0.29, 0.717) is 6.42 Å². The van der Waals surface area contributed by atoms with Crippen LogP contribution in [0.25, 0.3) is 0 Å². The quantitative estimate of drug-likeness (QED) is 0.821. The maximum absolute atomic E-state index is 11.3. The summed E-state index contributed by atoms with van der Waals surface area (Å²) in [5.74, 6) is -0.955. The van der Waals surface area contributed by atoms with Crippen LogP contribution >= 0.6 is 0 Å². The molecule has 0 aliphatic heterocycles. The van der Waals surface area contributed by atoms with E-state index in [9.17, 15) is 9.90 Å². The molecule has 88 valence electrons. The molecule has 3 nitrogen and oxygen atoms in total. The molecule has 0 heterocycles. The maximum Gasteiger partial charge on any atom is 0.324 e. The summed E-state index contributed by atoms with van der Waals surface area (Å²) in [6.07, 6.45) is 0.340. The molecule has 0 saturated heterocycles. The van der Waals surface area contributed by atoms with Gasteiger partial charge in [-0.1, -0.05) is 51.1 Å². The van der Waals surface area contributed by atoms with E-state index in [-0.39, 0.29) is 0 Å². The van der Waals surface area contributed by atoms with Crippen molar-refractivity contribution in [2.24, 2.45) is 11.1 Å². The Bertz CT molecular complexity index is 367. The summed E-state index contributed by atoms with van der Waals surface area (Å²) in [6.45, 7) is 5.55. The SMILES string of the molecule is CC(C)(C)[C@](N)(Cc1ccccc1)C(=O)O. The van der Waals surface area contributed by atoms with E-state index >= 15 is 0 Å². The second-order valence-corrected chi connectivity index (χ2v) is 5.19. The van der Waals surface area contributed by atoms with Gasteiger partial charge in [0.2, 0.25) is 0 Å². The molecule has 1 aromatic rings. The van der Waals surface area contributed by atoms with Gasteiger partial charge in [0.1, 0.15) is 5.54 Å². The van der Waals surface area contributed by atoms with E-state index in [0.717, 1.165) is 5.56 Å². The molecular formula is C13H19NO2. The van der Waals surface area contributed by atoms with Crippen LogP contribution in [0.15, 0.2) is 30.3 Å². The van der Waals surface area contributed by atoms with Crippen molar-refractivity contribution in [3.63, 3.8) is 0 Å². The number of aliphatic carboxylic acids is 1. The fraction of sp³-hybridized carbons (Fsp3) is 0.462. The van der Waals surface area contributed by atoms with Gasteiger partial charge in [0, 0.05) is 6.42 Å². The Labute approximate surface area is 96.3 Å². The Morgan fingerprint density at radius 1 is 1.25 bits per heavy atom. The Hall–Kier alpha value is -1.35. The van der Waals surface area contributed by atoms with E-state index < -0.39 is 16.9 Å². The zero-order valence-electron chi connectivity index (χ0n) is 10.0. The highest BCUT2D eigenvalue weighted by molar-refractivity contribution is 5.80. The van der Waals surface area contributed by atoms with Gasteiger partial charge in [0.15, 0.2) is 0 Å². The summed E-state index contributed by atoms with van der Waals surface area (Å²) in [5.41, 5.74) is 5.26. The lowest BCUT2D eigenvalue weighted by atomic mass is 9.71. The van der Waals surface area contributed by atoms with Crippen LogP contribution in [0, 0.1) is 5.41 Å². The van der Waals surface area contributed by atoms with Crippen molar-refractivity contribution < 1.29 is 9.90 Å². The van der Waals surface area contributed by atoms with Gasteiger partial charge < -0.3 is 10.8 Å². The van der Waals surface area contributed by atoms with Crippen LogP contribution in [-0.4, -0.2) is 16.6 Å². The van der Waals surface area contributed by atoms with E-state index in [1.54, 1.807) is 0 Å². The zero-order valence-corrected chi connectivity index (χ0v) is 10.0. The van der Waals surface area contributed by atoms with Crippen LogP contribution in [0.4, 0.5) is 0 Å². The highest BCUT2D eigenvalue weighted by atomic mass is 16.4. The Morgan fingerprint density at radius 2 is 1.75 bits per heavy atom. The Kier molecular flexibility index (Phi) is 3.38. The first-order valence-corrected chi connectivity index (χ1v) is 5.33. The van der Waals surface area contributed by atoms with Crippen molar-refractivity contribution in [2.75, 3.05) is 0 Å². The first-order chi connectivity index (χ1) is 7.27. The molecular weight excluding hydrogens is 202 g/mol. The standard InChI is InChI=1S/C13H19NO2/c1-12(2,3)13(14,11(15)16)9-10-7-5-4-6-8-10/h4-8H,9,14H2,1-3H3,(H,15,16)/t13-/m0/s1. The molecule has 0 aliphatic carbocycles. The number of hydrogen-bond acceptors (Lipinski definition) is 2. The third-order valence-corrected chi connectivity index (χ3v) is 3.05. The Balaban J connectivity index is 3.03. The van der Waals surface area contributed by atoms with Crippen LogP contribution in [0.1, 0.15) is 26.3 Å². The summed E-state index contributed by atoms with van der Waals surface area (Å²) < 4.78 is 0. The van der Waals surface area contributed by atoms with Gasteiger partial charge in [0.05, 0.1) is 0 Å². The van der Waals surface area contributed by atoms with Crippen molar-refractivity contribution in [3.05, 3.63) is 35.9 Å². The number of rotatable bonds is 3. The zero-order chi connectivity index (χ0) is 12.4. The molecule has 0 unspecified atom stereocenters. The van der Waals surface area contributed by atoms with E-state index in [1.165, 1.54) is 0 Å². The number of carboxylic acids is 1. The van der Waals surface area contributed by atoms with Crippen molar-refractivity contribution in [1.82, 2.24) is 0 Å². The van der Waals surface area contributed by atoms with Crippen molar-refractivity contribution >= 4 is 5.97 Å². The molecule has 0 amide bonds. The summed E-state index contributed by atoms with van der Waals surface area (Å²) >= 11 is 0. The number of nitrogens with two attached hydrogens (primary N) is 1. The number of carboxylic acid groups (broad SMARTS) is 1. The van der Waals surface area contributed by atoms with Gasteiger partial charge in [-0.3, -0.25) is 4.79 Å². The first kappa shape index (κ1) is 12.7. The monoisotopic (exact) mass is 221 g/mol. The molecule has 1 rings (SSSR count). The summed E-state index contributed by atoms with van der Waals surface area (Å²) in [6, 6.07) is 9.48. The molecule has 0 fully saturated rings. The molecule has 0 aliphatic rings. The molecule has 3 heteroatoms. The number of hydrogen-bond donors (Lipinski definition) is 2. The molecule has 0 radical (unpaired) electrons. The lowest BCUT2D eigenvalue weighted by Gasteiger charge is -2.37. The highest BCUT2D eigenvalue weighted by Crippen LogP contribution is 2.31. The molecule has 0 aromatic heterocycles. The lowest BCUT2D eigenvalue weighted by molar-refractivity contribution is -0.147. The number of carbonyl (C=O) groups is 1. The van der Waals surface area contributed by atoms with E-state index in [4.69, 9.17) is 5.73 Å². The third kappa shape index (κ3) is 2.42. The van der Waals surface area contributed by atoms with Crippen molar-refractivity contribution in [1.29, 1.82) is 0 Å². The van der Waals surface area contributed by atoms with Crippen LogP contribution in [-0.2, 0) is 11.2 Å². The van der Waals surface area contributed by atoms with Gasteiger partial charge in [0.25, 0.3) is 0 Å². The van der Waals surface area contributed by atoms with Gasteiger partial charge in [-0.15, -0.1) is 0 Å². The molecule has 0 bridgehead atoms. The molecule has 3 N–H and O–H groups in total. The second kappa shape index (κ2) is 4.26. The fourth-order valence-electron chi connectivity index (χ4n) is 1.58. The Morgan fingerprint density at radius 3 is 2.12 bits per heavy atom. The molecule has 1 atom stereocenters. The van der Waals surface area contributed by atoms with E-state index in [2.05, 4.69) is 0 Å². The summed E-state index contributed by atoms with van der Waals surface area (Å²) in [5, 5.41) is 9.30. The summed E-state index contributed by atoms with van der Waals surface area (Å²) in [4.78, 5) is 11.3. The minimum atomic E-state index is -1.24. The van der Waals surface area contributed by atoms with Crippen LogP contribution in [0.5, 0.6) is 0 Å². The minimum Gasteiger partial charge on any atom is -0.480 e. The highest BCUT2D eigenvalue weighted by Gasteiger charge is 2.45. The second-order valence-electron chi connectivity index (χ2n) is 5.19. The summed E-state index contributed by atoms with van der Waals surface area (Å²) in [7, 11) is 0. The first-order valence-electron chi connectivity index (χ1n) is 5.33. The average Bonchev–Trinajstić information content (AvgIpc) is 2.17. The normalized spacial score (nSPS) is 15.5. The van der Waals surface area contributed by atoms with Gasteiger partial charge in [-0.05, 0) is 11.0 Å². The largest absolute Gasteiger partial charge is 0.480 e. The molecule has 0 saturated carbocycles. The minimum absolute atomic E-state index is 0.340. The van der Waals surface area contributed by atoms with Gasteiger partial charge >= 0.3 is 5.97 Å². The number of benzene rings is 1. The predicted octanol–water partition coefficient (Wildman–Crippen LogP) is 2.06. The average molecular weight is 221 g/mol. The van der Waals surface area contributed by atoms with Crippen LogP contribution < -0.4 is 5.73 Å². The van der Waals surface area contributed by atoms with Gasteiger partial charge in [-0.2, -0.15) is 0 Å². The predicted molar refractivity (Wildman–Crippen MR) is 64.2 cm³/mol. The van der Waals surface area contributed by atoms with Crippen LogP contribution in [0.2, 0.25) is 0 Å². The van der Waals surface area contributed by atoms with Crippen LogP contribution in [0.3, 0.4) is 0 Å². The van der Waals surface area contributed by atoms with Crippen molar-refractivity contribution in [3.8, 4) is 0 Å². The maximum atomic E-state index is 11.3. The smallest absolute Gasteiger partial charge is 0.324 e. The third-order valence-electron chi connectivity index (χ3n) is 3.05. The van der Waals surface area contributed by atoms with Crippen molar-refractivity contribution in [2.45, 2.75) is 32.7 Å². The lowest BCUT2D eigenvalue weighted by Crippen LogP contribution is -2.59. The van der Waals surface area contributed by atoms with Gasteiger partial charge in [-0.25, -0.2) is 0 Å². The fourth-order valence-corrected chi connectivity index (χ4v) is 1.58. The molecule has 0 spiro atoms.